The van der Waals surface area contributed by atoms with Crippen LogP contribution in [0.2, 0.25) is 0 Å². The van der Waals surface area contributed by atoms with Gasteiger partial charge in [-0.2, -0.15) is 4.31 Å². The number of carbonyl (C=O) groups excluding carboxylic acids is 1. The van der Waals surface area contributed by atoms with E-state index >= 15 is 0 Å². The fourth-order valence-corrected chi connectivity index (χ4v) is 6.71. The number of pyridine rings is 1. The van der Waals surface area contributed by atoms with Crippen LogP contribution in [0, 0.1) is 0 Å². The summed E-state index contributed by atoms with van der Waals surface area (Å²) in [5.74, 6) is 0.976. The van der Waals surface area contributed by atoms with Gasteiger partial charge in [-0.05, 0) is 35.9 Å². The summed E-state index contributed by atoms with van der Waals surface area (Å²) in [4.78, 5) is 24.4. The van der Waals surface area contributed by atoms with Crippen molar-refractivity contribution in [2.75, 3.05) is 44.4 Å². The van der Waals surface area contributed by atoms with E-state index in [4.69, 9.17) is 19.2 Å². The monoisotopic (exact) mass is 552 g/mol. The molecule has 0 atom stereocenters. The number of sulfonamides is 1. The average Bonchev–Trinajstić information content (AvgIpc) is 3.38. The fraction of sp³-hybridized carbons (Fsp3) is 0.269. The molecule has 38 heavy (non-hydrogen) atoms. The molecule has 196 valence electrons. The molecule has 0 unspecified atom stereocenters. The van der Waals surface area contributed by atoms with E-state index in [2.05, 4.69) is 4.98 Å². The average molecular weight is 553 g/mol. The molecule has 0 aliphatic carbocycles. The number of thiazole rings is 1. The molecule has 4 heterocycles. The maximum atomic E-state index is 13.8. The van der Waals surface area contributed by atoms with E-state index in [1.807, 2.05) is 24.3 Å². The maximum Gasteiger partial charge on any atom is 0.260 e. The van der Waals surface area contributed by atoms with Gasteiger partial charge in [0.15, 0.2) is 16.6 Å². The van der Waals surface area contributed by atoms with Gasteiger partial charge in [-0.3, -0.25) is 14.7 Å². The molecule has 2 aliphatic rings. The molecule has 0 radical (unpaired) electrons. The number of fused-ring (bicyclic) bond motifs is 2. The highest BCUT2D eigenvalue weighted by Gasteiger charge is 2.28. The van der Waals surface area contributed by atoms with Crippen LogP contribution in [0.15, 0.2) is 65.8 Å². The predicted molar refractivity (Wildman–Crippen MR) is 141 cm³/mol. The first kappa shape index (κ1) is 24.7. The number of nitrogens with zero attached hydrogens (tertiary/aromatic N) is 4. The second-order valence-electron chi connectivity index (χ2n) is 8.75. The lowest BCUT2D eigenvalue weighted by molar-refractivity contribution is 0.0730. The molecule has 2 aromatic heterocycles. The van der Waals surface area contributed by atoms with Crippen molar-refractivity contribution in [3.63, 3.8) is 0 Å². The van der Waals surface area contributed by atoms with Crippen molar-refractivity contribution >= 4 is 42.6 Å². The first-order valence-corrected chi connectivity index (χ1v) is 14.3. The predicted octanol–water partition coefficient (Wildman–Crippen LogP) is 3.33. The molecular weight excluding hydrogens is 528 g/mol. The lowest BCUT2D eigenvalue weighted by Crippen LogP contribution is -2.40. The van der Waals surface area contributed by atoms with Crippen LogP contribution >= 0.6 is 11.3 Å². The van der Waals surface area contributed by atoms with E-state index in [1.165, 1.54) is 27.8 Å². The molecule has 4 aromatic rings. The Hall–Kier alpha value is -3.58. The smallest absolute Gasteiger partial charge is 0.260 e. The molecule has 1 fully saturated rings. The Kier molecular flexibility index (Phi) is 6.70. The molecular formula is C26H24N4O6S2. The number of anilines is 1. The van der Waals surface area contributed by atoms with Crippen molar-refractivity contribution in [2.45, 2.75) is 11.4 Å². The quantitative estimate of drug-likeness (QED) is 0.358. The Labute approximate surface area is 223 Å². The summed E-state index contributed by atoms with van der Waals surface area (Å²) in [5, 5.41) is 0.501. The van der Waals surface area contributed by atoms with E-state index in [-0.39, 0.29) is 17.3 Å². The van der Waals surface area contributed by atoms with Crippen LogP contribution in [0.3, 0.4) is 0 Å². The highest BCUT2D eigenvalue weighted by molar-refractivity contribution is 7.89. The van der Waals surface area contributed by atoms with Crippen molar-refractivity contribution < 1.29 is 27.4 Å². The Morgan fingerprint density at radius 3 is 2.45 bits per heavy atom. The van der Waals surface area contributed by atoms with Gasteiger partial charge in [-0.15, -0.1) is 0 Å². The van der Waals surface area contributed by atoms with Crippen molar-refractivity contribution in [1.82, 2.24) is 14.3 Å². The molecule has 12 heteroatoms. The molecule has 1 amide bonds. The number of morpholine rings is 1. The molecule has 0 N–H and O–H groups in total. The molecule has 0 saturated carbocycles. The van der Waals surface area contributed by atoms with Crippen molar-refractivity contribution in [3.05, 3.63) is 72.1 Å². The highest BCUT2D eigenvalue weighted by atomic mass is 32.2. The Morgan fingerprint density at radius 2 is 1.74 bits per heavy atom. The summed E-state index contributed by atoms with van der Waals surface area (Å²) >= 11 is 1.37. The van der Waals surface area contributed by atoms with Crippen LogP contribution in [-0.2, 0) is 21.3 Å². The van der Waals surface area contributed by atoms with Gasteiger partial charge in [0.25, 0.3) is 5.91 Å². The first-order valence-electron chi connectivity index (χ1n) is 12.1. The molecule has 1 saturated heterocycles. The van der Waals surface area contributed by atoms with E-state index in [1.54, 1.807) is 29.4 Å². The zero-order valence-electron chi connectivity index (χ0n) is 20.3. The van der Waals surface area contributed by atoms with Crippen molar-refractivity contribution in [3.8, 4) is 11.5 Å². The summed E-state index contributed by atoms with van der Waals surface area (Å²) in [6.45, 7) is 2.53. The number of benzene rings is 2. The Bertz CT molecular complexity index is 1530. The van der Waals surface area contributed by atoms with Gasteiger partial charge in [0.2, 0.25) is 10.0 Å². The zero-order chi connectivity index (χ0) is 26.1. The van der Waals surface area contributed by atoms with Gasteiger partial charge in [-0.1, -0.05) is 17.4 Å². The first-order chi connectivity index (χ1) is 18.5. The number of amides is 1. The molecule has 10 nitrogen and oxygen atoms in total. The minimum absolute atomic E-state index is 0.139. The molecule has 2 aromatic carbocycles. The summed E-state index contributed by atoms with van der Waals surface area (Å²) in [5.41, 5.74) is 1.88. The Morgan fingerprint density at radius 1 is 1.00 bits per heavy atom. The Balaban J connectivity index is 1.33. The molecule has 6 rings (SSSR count). The normalized spacial score (nSPS) is 15.9. The summed E-state index contributed by atoms with van der Waals surface area (Å²) in [6.07, 6.45) is 3.37. The minimum atomic E-state index is -3.66. The molecule has 0 bridgehead atoms. The van der Waals surface area contributed by atoms with E-state index in [0.29, 0.717) is 67.2 Å². The van der Waals surface area contributed by atoms with E-state index < -0.39 is 10.0 Å². The fourth-order valence-electron chi connectivity index (χ4n) is 4.33. The van der Waals surface area contributed by atoms with Crippen molar-refractivity contribution in [1.29, 1.82) is 0 Å². The third-order valence-electron chi connectivity index (χ3n) is 6.29. The largest absolute Gasteiger partial charge is 0.486 e. The van der Waals surface area contributed by atoms with Gasteiger partial charge < -0.3 is 14.2 Å². The third-order valence-corrected chi connectivity index (χ3v) is 9.24. The zero-order valence-corrected chi connectivity index (χ0v) is 21.9. The van der Waals surface area contributed by atoms with Crippen LogP contribution in [0.1, 0.15) is 15.9 Å². The van der Waals surface area contributed by atoms with Gasteiger partial charge in [0, 0.05) is 43.2 Å². The number of rotatable bonds is 6. The van der Waals surface area contributed by atoms with Crippen LogP contribution in [0.4, 0.5) is 5.13 Å². The molecule has 2 aliphatic heterocycles. The van der Waals surface area contributed by atoms with Gasteiger partial charge in [0.1, 0.15) is 13.2 Å². The van der Waals surface area contributed by atoms with Crippen LogP contribution in [0.5, 0.6) is 11.5 Å². The topological polar surface area (TPSA) is 111 Å². The number of carbonyl (C=O) groups is 1. The summed E-state index contributed by atoms with van der Waals surface area (Å²) in [7, 11) is -3.66. The number of ether oxygens (including phenoxy) is 3. The van der Waals surface area contributed by atoms with Crippen LogP contribution < -0.4 is 14.4 Å². The minimum Gasteiger partial charge on any atom is -0.486 e. The number of hydrogen-bond acceptors (Lipinski definition) is 9. The number of aromatic nitrogens is 2. The van der Waals surface area contributed by atoms with Gasteiger partial charge >= 0.3 is 0 Å². The number of hydrogen-bond donors (Lipinski definition) is 0. The SMILES string of the molecule is O=C(c1ccc(S(=O)(=O)N2CCOCC2)cc1)N(Cc1cccnc1)c1nc2cc3c(cc2s1)OCCO3. The standard InChI is InChI=1S/C26H24N4O6S2/c31-25(19-3-5-20(6-4-19)38(32,33)29-8-10-34-11-9-29)30(17-18-2-1-7-27-16-18)26-28-21-14-22-23(15-24(21)37-26)36-13-12-35-22/h1-7,14-16H,8-13,17H2. The second kappa shape index (κ2) is 10.3. The lowest BCUT2D eigenvalue weighted by atomic mass is 10.2. The van der Waals surface area contributed by atoms with E-state index in [0.717, 1.165) is 10.3 Å². The molecule has 0 spiro atoms. The highest BCUT2D eigenvalue weighted by Crippen LogP contribution is 2.39. The van der Waals surface area contributed by atoms with Crippen LogP contribution in [-0.4, -0.2) is 68.1 Å². The summed E-state index contributed by atoms with van der Waals surface area (Å²) < 4.78 is 44.9. The lowest BCUT2D eigenvalue weighted by Gasteiger charge is -2.26. The van der Waals surface area contributed by atoms with Crippen LogP contribution in [0.25, 0.3) is 10.2 Å². The third kappa shape index (κ3) is 4.83. The maximum absolute atomic E-state index is 13.8. The summed E-state index contributed by atoms with van der Waals surface area (Å²) in [6, 6.07) is 13.4. The van der Waals surface area contributed by atoms with E-state index in [9.17, 15) is 13.2 Å². The van der Waals surface area contributed by atoms with Crippen molar-refractivity contribution in [2.24, 2.45) is 0 Å². The van der Waals surface area contributed by atoms with Gasteiger partial charge in [-0.25, -0.2) is 13.4 Å². The second-order valence-corrected chi connectivity index (χ2v) is 11.7. The van der Waals surface area contributed by atoms with Gasteiger partial charge in [0.05, 0.1) is 34.9 Å².